The molecule has 202 valence electrons. The number of amides is 1. The van der Waals surface area contributed by atoms with E-state index in [-0.39, 0.29) is 11.9 Å². The smallest absolute Gasteiger partial charge is 0.220 e. The lowest BCUT2D eigenvalue weighted by Gasteiger charge is -2.24. The van der Waals surface area contributed by atoms with Gasteiger partial charge in [0.1, 0.15) is 13.1 Å². The highest BCUT2D eigenvalue weighted by atomic mass is 32.2. The van der Waals surface area contributed by atoms with Crippen LogP contribution in [0, 0.1) is 5.92 Å². The van der Waals surface area contributed by atoms with Gasteiger partial charge in [-0.3, -0.25) is 14.6 Å². The first kappa shape index (κ1) is 39.9. The highest BCUT2D eigenvalue weighted by Crippen LogP contribution is 2.31. The Morgan fingerprint density at radius 1 is 1.20 bits per heavy atom. The molecule has 9 heteroatoms. The Morgan fingerprint density at radius 3 is 2.20 bits per heavy atom. The Morgan fingerprint density at radius 2 is 1.77 bits per heavy atom. The second kappa shape index (κ2) is 31.7. The fourth-order valence-electron chi connectivity index (χ4n) is 2.62. The average molecular weight is 512 g/mol. The molecule has 2 atom stereocenters. The van der Waals surface area contributed by atoms with Gasteiger partial charge in [-0.25, -0.2) is 0 Å². The minimum Gasteiger partial charge on any atom is -0.352 e. The van der Waals surface area contributed by atoms with Gasteiger partial charge in [-0.1, -0.05) is 39.8 Å². The Kier molecular flexibility index (Phi) is 36.1. The van der Waals surface area contributed by atoms with Gasteiger partial charge >= 0.3 is 0 Å². The second-order valence-corrected chi connectivity index (χ2v) is 7.89. The number of nitrogens with two attached hydrogens (primary N) is 2. The Balaban J connectivity index is -0.000000417. The van der Waals surface area contributed by atoms with Crippen LogP contribution in [0.15, 0.2) is 40.7 Å². The van der Waals surface area contributed by atoms with Crippen molar-refractivity contribution in [1.29, 1.82) is 0 Å². The molecule has 0 fully saturated rings. The molecule has 35 heavy (non-hydrogen) atoms. The first-order valence-electron chi connectivity index (χ1n) is 11.6. The van der Waals surface area contributed by atoms with Gasteiger partial charge in [0, 0.05) is 23.9 Å². The summed E-state index contributed by atoms with van der Waals surface area (Å²) in [4.78, 5) is 34.5. The van der Waals surface area contributed by atoms with Gasteiger partial charge in [0.05, 0.1) is 5.69 Å². The molecule has 1 rings (SSSR count). The van der Waals surface area contributed by atoms with Crippen molar-refractivity contribution < 1.29 is 14.4 Å². The molecule has 1 aromatic rings. The SMILES string of the molecule is C=CC=O.C=Nc1ccc(CC)cc1SCCCC(=O)NC(CNC)C(C)CC.C=O.CN.CN. The first-order chi connectivity index (χ1) is 17.0. The van der Waals surface area contributed by atoms with E-state index in [0.717, 1.165) is 42.1 Å². The molecule has 0 heterocycles. The fourth-order valence-corrected chi connectivity index (χ4v) is 3.64. The summed E-state index contributed by atoms with van der Waals surface area (Å²) in [6, 6.07) is 6.50. The van der Waals surface area contributed by atoms with Gasteiger partial charge in [-0.2, -0.15) is 0 Å². The van der Waals surface area contributed by atoms with E-state index in [9.17, 15) is 4.79 Å². The number of thioether (sulfide) groups is 1. The summed E-state index contributed by atoms with van der Waals surface area (Å²) in [5.41, 5.74) is 11.2. The summed E-state index contributed by atoms with van der Waals surface area (Å²) in [6.45, 7) is 16.1. The molecule has 8 nitrogen and oxygen atoms in total. The quantitative estimate of drug-likeness (QED) is 0.104. The van der Waals surface area contributed by atoms with Gasteiger partial charge in [0.25, 0.3) is 0 Å². The zero-order valence-electron chi connectivity index (χ0n) is 22.6. The van der Waals surface area contributed by atoms with E-state index < -0.39 is 0 Å². The molecule has 6 N–H and O–H groups in total. The lowest BCUT2D eigenvalue weighted by molar-refractivity contribution is -0.122. The lowest BCUT2D eigenvalue weighted by Crippen LogP contribution is -2.45. The molecule has 0 aliphatic rings. The van der Waals surface area contributed by atoms with Crippen LogP contribution in [-0.2, 0) is 20.8 Å². The number of aryl methyl sites for hydroxylation is 1. The summed E-state index contributed by atoms with van der Waals surface area (Å²) < 4.78 is 0. The van der Waals surface area contributed by atoms with Gasteiger partial charge in [0.15, 0.2) is 0 Å². The Labute approximate surface area is 217 Å². The molecule has 0 saturated heterocycles. The topological polar surface area (TPSA) is 140 Å². The number of benzene rings is 1. The van der Waals surface area contributed by atoms with Gasteiger partial charge in [-0.15, -0.1) is 11.8 Å². The average Bonchev–Trinajstić information content (AvgIpc) is 2.93. The number of aldehydes is 1. The van der Waals surface area contributed by atoms with Crippen LogP contribution in [0.1, 0.15) is 45.6 Å². The maximum absolute atomic E-state index is 12.2. The Hall–Kier alpha value is -2.33. The van der Waals surface area contributed by atoms with Gasteiger partial charge in [0.2, 0.25) is 5.91 Å². The zero-order chi connectivity index (χ0) is 28.1. The summed E-state index contributed by atoms with van der Waals surface area (Å²) in [5.74, 6) is 1.53. The van der Waals surface area contributed by atoms with E-state index in [1.807, 2.05) is 19.9 Å². The largest absolute Gasteiger partial charge is 0.352 e. The number of nitrogens with one attached hydrogen (secondary N) is 2. The van der Waals surface area contributed by atoms with E-state index in [4.69, 9.17) is 9.59 Å². The van der Waals surface area contributed by atoms with Crippen LogP contribution >= 0.6 is 11.8 Å². The molecule has 0 bridgehead atoms. The van der Waals surface area contributed by atoms with Crippen molar-refractivity contribution in [1.82, 2.24) is 10.6 Å². The summed E-state index contributed by atoms with van der Waals surface area (Å²) in [6.07, 6.45) is 5.33. The lowest BCUT2D eigenvalue weighted by atomic mass is 9.99. The van der Waals surface area contributed by atoms with Crippen LogP contribution in [0.25, 0.3) is 0 Å². The molecule has 0 aliphatic carbocycles. The molecule has 0 spiro atoms. The van der Waals surface area contributed by atoms with Crippen molar-refractivity contribution in [2.75, 3.05) is 33.4 Å². The minimum atomic E-state index is 0.144. The number of carbonyl (C=O) groups excluding carboxylic acids is 3. The summed E-state index contributed by atoms with van der Waals surface area (Å²) in [7, 11) is 4.92. The molecule has 2 unspecified atom stereocenters. The van der Waals surface area contributed by atoms with Crippen molar-refractivity contribution in [2.24, 2.45) is 22.4 Å². The second-order valence-electron chi connectivity index (χ2n) is 6.75. The van der Waals surface area contributed by atoms with Crippen LogP contribution in [0.5, 0.6) is 0 Å². The number of carbonyl (C=O) groups is 3. The molecule has 0 aromatic heterocycles. The van der Waals surface area contributed by atoms with Crippen LogP contribution in [0.3, 0.4) is 0 Å². The normalized spacial score (nSPS) is 10.5. The monoisotopic (exact) mass is 511 g/mol. The predicted molar refractivity (Wildman–Crippen MR) is 154 cm³/mol. The number of nitrogens with zero attached hydrogens (tertiary/aromatic N) is 1. The molecule has 1 aromatic carbocycles. The Bertz CT molecular complexity index is 654. The van der Waals surface area contributed by atoms with Crippen molar-refractivity contribution in [3.8, 4) is 0 Å². The van der Waals surface area contributed by atoms with Crippen molar-refractivity contribution in [3.63, 3.8) is 0 Å². The van der Waals surface area contributed by atoms with Gasteiger partial charge < -0.3 is 26.9 Å². The molecule has 0 aliphatic heterocycles. The maximum atomic E-state index is 12.2. The van der Waals surface area contributed by atoms with Crippen LogP contribution in [0.2, 0.25) is 0 Å². The number of rotatable bonds is 13. The van der Waals surface area contributed by atoms with Crippen molar-refractivity contribution in [2.45, 2.75) is 57.4 Å². The molecule has 1 amide bonds. The van der Waals surface area contributed by atoms with E-state index in [0.29, 0.717) is 18.6 Å². The number of allylic oxidation sites excluding steroid dienone is 1. The number of likely N-dealkylation sites (N-methyl/N-ethyl adjacent to an activating group) is 1. The number of hydrogen-bond donors (Lipinski definition) is 4. The fraction of sp³-hybridized carbons (Fsp3) is 0.538. The minimum absolute atomic E-state index is 0.144. The molecule has 0 saturated carbocycles. The van der Waals surface area contributed by atoms with E-state index in [2.05, 4.69) is 73.3 Å². The van der Waals surface area contributed by atoms with Gasteiger partial charge in [-0.05, 0) is 76.1 Å². The highest BCUT2D eigenvalue weighted by Gasteiger charge is 2.17. The molecular weight excluding hydrogens is 462 g/mol. The van der Waals surface area contributed by atoms with Crippen LogP contribution in [0.4, 0.5) is 5.69 Å². The highest BCUT2D eigenvalue weighted by molar-refractivity contribution is 7.99. The van der Waals surface area contributed by atoms with E-state index >= 15 is 0 Å². The predicted octanol–water partition coefficient (Wildman–Crippen LogP) is 3.54. The zero-order valence-corrected chi connectivity index (χ0v) is 23.5. The van der Waals surface area contributed by atoms with Crippen LogP contribution < -0.4 is 22.1 Å². The maximum Gasteiger partial charge on any atom is 0.220 e. The standard InChI is InChI=1S/C20H33N3OS.C3H4O.2CH5N.CH2O/c1-6-15(3)18(14-21-4)23-20(24)9-8-12-25-19-13-16(7-2)10-11-17(19)22-5;1-2-3-4;3*1-2/h10-11,13,15,18,21H,5-9,12,14H2,1-4H3,(H,23,24);2-3H,1H2;2*2H2,1H3;1H2. The summed E-state index contributed by atoms with van der Waals surface area (Å²) >= 11 is 1.76. The van der Waals surface area contributed by atoms with Crippen LogP contribution in [-0.4, -0.2) is 65.2 Å². The van der Waals surface area contributed by atoms with E-state index in [1.165, 1.54) is 25.7 Å². The first-order valence-corrected chi connectivity index (χ1v) is 12.6. The van der Waals surface area contributed by atoms with E-state index in [1.54, 1.807) is 11.8 Å². The summed E-state index contributed by atoms with van der Waals surface area (Å²) in [5, 5.41) is 6.33. The van der Waals surface area contributed by atoms with Crippen molar-refractivity contribution >= 4 is 43.1 Å². The van der Waals surface area contributed by atoms with Crippen molar-refractivity contribution in [3.05, 3.63) is 36.4 Å². The number of hydrogen-bond acceptors (Lipinski definition) is 8. The third-order valence-electron chi connectivity index (χ3n) is 4.61. The third-order valence-corrected chi connectivity index (χ3v) is 5.74. The number of aliphatic imine (C=N–C) groups is 1. The third kappa shape index (κ3) is 21.9. The molecule has 0 radical (unpaired) electrons. The molecular formula is C26H49N5O3S.